The summed E-state index contributed by atoms with van der Waals surface area (Å²) in [7, 11) is -10.6. The Kier molecular flexibility index (Phi) is 27.3. The molecule has 7 N–H and O–H groups in total. The number of hydrogen-bond acceptors (Lipinski definition) is 13. The van der Waals surface area contributed by atoms with Gasteiger partial charge in [0.25, 0.3) is 0 Å². The molecule has 0 spiro atoms. The Hall–Kier alpha value is -5.64. The molecule has 34 heteroatoms. The number of benzene rings is 6. The van der Waals surface area contributed by atoms with E-state index in [0.29, 0.717) is 74.9 Å². The average Bonchev–Trinajstić information content (AvgIpc) is 2.18. The van der Waals surface area contributed by atoms with Crippen molar-refractivity contribution >= 4 is 175 Å². The normalized spacial score (nSPS) is 11.8. The zero-order valence-corrected chi connectivity index (χ0v) is 56.3. The highest BCUT2D eigenvalue weighted by Gasteiger charge is 2.32. The van der Waals surface area contributed by atoms with Crippen LogP contribution in [-0.2, 0) is 88.1 Å². The topological polar surface area (TPSA) is 307 Å². The number of aliphatic carboxylic acids is 3. The van der Waals surface area contributed by atoms with Gasteiger partial charge in [0, 0.05) is 34.9 Å². The Balaban J connectivity index is 0.000000280. The predicted molar refractivity (Wildman–Crippen MR) is 336 cm³/mol. The van der Waals surface area contributed by atoms with Crippen LogP contribution in [0.1, 0.15) is 51.8 Å². The van der Waals surface area contributed by atoms with Crippen molar-refractivity contribution in [1.82, 2.24) is 0 Å². The van der Waals surface area contributed by atoms with Crippen molar-refractivity contribution in [3.63, 3.8) is 0 Å². The van der Waals surface area contributed by atoms with Gasteiger partial charge in [-0.2, -0.15) is 13.2 Å². The van der Waals surface area contributed by atoms with Gasteiger partial charge in [-0.3, -0.25) is 28.5 Å². The zero-order valence-electron chi connectivity index (χ0n) is 45.2. The number of alkyl halides is 4. The molecule has 0 bridgehead atoms. The van der Waals surface area contributed by atoms with Crippen LogP contribution < -0.4 is 33.7 Å². The number of aryl methyl sites for hydroxylation is 2. The Labute approximate surface area is 545 Å². The van der Waals surface area contributed by atoms with Crippen molar-refractivity contribution in [3.8, 4) is 17.2 Å². The summed E-state index contributed by atoms with van der Waals surface area (Å²) in [5.74, 6) is -3.49. The van der Waals surface area contributed by atoms with Gasteiger partial charge in [-0.05, 0) is 195 Å². The standard InChI is InChI=1S/C18H15Br2F4NO5S.C18H19Cl2NO5S.C17H15Br2ClN2O6S/c1-31(28,29)25-12-3-10(2-11(7-12)18(22,23)24)8-30-16-13(19)4-9(5-14(16)20)6-15(21)17(26)27;1-11-5-13(7-14(6-11)21-27(2,24)25)10-26-18-15(19)8-12(9-16(18)20)3-4-17(22)23;1-29(26,27)22-12-3-9(2-10(20)4-12)8-28-17-13(18)5-11(6-14(17)19)21-15(23)7-16(24)25/h2-5,7,15,25H,6,8H2,1H3,(H,26,27);5-9,21H,3-4,10H2,1-2H3,(H,22,23);2-6,22H,7-8H2,1H3,(H,21,23)(H,24,25). The molecular formula is C53H49Br4Cl3F4N4O16S3. The number of anilines is 4. The Morgan fingerprint density at radius 1 is 0.540 bits per heavy atom. The SMILES string of the molecule is CS(=O)(=O)Nc1cc(COc2c(Br)cc(CC(F)C(=O)O)cc2Br)cc(C(F)(F)F)c1.CS(=O)(=O)Nc1cc(Cl)cc(COc2c(Br)cc(NC(=O)CC(=O)O)cc2Br)c1.Cc1cc(COc2c(Cl)cc(CCC(=O)O)cc2Cl)cc(NS(C)(=O)=O)c1. The van der Waals surface area contributed by atoms with E-state index in [4.69, 9.17) is 64.3 Å². The van der Waals surface area contributed by atoms with Crippen LogP contribution in [-0.4, -0.2) is 89.3 Å². The quantitative estimate of drug-likeness (QED) is 0.0219. The number of amides is 1. The Bertz CT molecular complexity index is 3850. The van der Waals surface area contributed by atoms with E-state index in [1.165, 1.54) is 24.3 Å². The van der Waals surface area contributed by atoms with Gasteiger partial charge < -0.3 is 34.8 Å². The van der Waals surface area contributed by atoms with Crippen molar-refractivity contribution in [1.29, 1.82) is 0 Å². The van der Waals surface area contributed by atoms with Crippen molar-refractivity contribution in [2.24, 2.45) is 0 Å². The summed E-state index contributed by atoms with van der Waals surface area (Å²) < 4.78 is 147. The summed E-state index contributed by atoms with van der Waals surface area (Å²) in [6, 6.07) is 21.9. The Morgan fingerprint density at radius 3 is 1.40 bits per heavy atom. The van der Waals surface area contributed by atoms with Crippen LogP contribution in [0.15, 0.2) is 109 Å². The van der Waals surface area contributed by atoms with Crippen molar-refractivity contribution < 1.29 is 91.5 Å². The molecule has 6 aromatic rings. The second-order valence-corrected chi connectivity index (χ2v) is 28.4. The zero-order chi connectivity index (χ0) is 65.5. The molecule has 1 amide bonds. The summed E-state index contributed by atoms with van der Waals surface area (Å²) in [5, 5.41) is 29.5. The number of carbonyl (C=O) groups is 4. The summed E-state index contributed by atoms with van der Waals surface area (Å²) in [5.41, 5.74) is 3.12. The van der Waals surface area contributed by atoms with Gasteiger partial charge in [-0.1, -0.05) is 40.9 Å². The fraction of sp³-hybridized carbons (Fsp3) is 0.245. The number of ether oxygens (including phenoxy) is 3. The highest BCUT2D eigenvalue weighted by Crippen LogP contribution is 2.40. The predicted octanol–water partition coefficient (Wildman–Crippen LogP) is 13.6. The monoisotopic (exact) mass is 1590 g/mol. The number of sulfonamides is 3. The molecule has 472 valence electrons. The summed E-state index contributed by atoms with van der Waals surface area (Å²) in [4.78, 5) is 43.5. The van der Waals surface area contributed by atoms with Gasteiger partial charge in [0.2, 0.25) is 42.1 Å². The molecule has 6 rings (SSSR count). The molecule has 0 aliphatic carbocycles. The molecule has 0 aromatic heterocycles. The van der Waals surface area contributed by atoms with Crippen LogP contribution in [0.25, 0.3) is 0 Å². The highest BCUT2D eigenvalue weighted by molar-refractivity contribution is 9.11. The number of rotatable bonds is 24. The second-order valence-electron chi connectivity index (χ2n) is 18.5. The largest absolute Gasteiger partial charge is 0.487 e. The lowest BCUT2D eigenvalue weighted by molar-refractivity contribution is -0.143. The number of carboxylic acid groups (broad SMARTS) is 3. The lowest BCUT2D eigenvalue weighted by atomic mass is 10.1. The molecule has 0 radical (unpaired) electrons. The third kappa shape index (κ3) is 26.9. The third-order valence-corrected chi connectivity index (χ3v) is 15.4. The van der Waals surface area contributed by atoms with Crippen LogP contribution in [0.4, 0.5) is 40.3 Å². The van der Waals surface area contributed by atoms with Crippen molar-refractivity contribution in [2.45, 2.75) is 64.8 Å². The second kappa shape index (κ2) is 32.2. The van der Waals surface area contributed by atoms with Gasteiger partial charge in [0.05, 0.1) is 58.0 Å². The molecule has 87 heavy (non-hydrogen) atoms. The van der Waals surface area contributed by atoms with E-state index in [1.54, 1.807) is 48.5 Å². The maximum Gasteiger partial charge on any atom is 0.416 e. The van der Waals surface area contributed by atoms with Crippen LogP contribution in [0, 0.1) is 6.92 Å². The molecule has 1 atom stereocenters. The molecule has 0 saturated carbocycles. The number of carbonyl (C=O) groups excluding carboxylic acids is 1. The first-order chi connectivity index (χ1) is 40.1. The van der Waals surface area contributed by atoms with E-state index in [0.717, 1.165) is 36.0 Å². The van der Waals surface area contributed by atoms with E-state index in [-0.39, 0.29) is 65.5 Å². The van der Waals surface area contributed by atoms with E-state index in [9.17, 15) is 62.0 Å². The molecule has 0 fully saturated rings. The molecular weight excluding hydrogens is 1550 g/mol. The molecule has 1 unspecified atom stereocenters. The van der Waals surface area contributed by atoms with Crippen molar-refractivity contribution in [3.05, 3.63) is 163 Å². The van der Waals surface area contributed by atoms with Crippen LogP contribution >= 0.6 is 98.5 Å². The van der Waals surface area contributed by atoms with Crippen LogP contribution in [0.5, 0.6) is 17.2 Å². The number of carboxylic acids is 3. The van der Waals surface area contributed by atoms with Crippen LogP contribution in [0.3, 0.4) is 0 Å². The fourth-order valence-electron chi connectivity index (χ4n) is 7.32. The van der Waals surface area contributed by atoms with E-state index < -0.39 is 78.2 Å². The van der Waals surface area contributed by atoms with E-state index in [1.807, 2.05) is 17.7 Å². The molecule has 6 aromatic carbocycles. The van der Waals surface area contributed by atoms with Gasteiger partial charge in [0.1, 0.15) is 37.7 Å². The van der Waals surface area contributed by atoms with Gasteiger partial charge >= 0.3 is 24.1 Å². The van der Waals surface area contributed by atoms with Crippen molar-refractivity contribution in [2.75, 3.05) is 38.3 Å². The average molecular weight is 1600 g/mol. The maximum absolute atomic E-state index is 13.4. The number of hydrogen-bond donors (Lipinski definition) is 7. The van der Waals surface area contributed by atoms with Gasteiger partial charge in [-0.15, -0.1) is 0 Å². The molecule has 20 nitrogen and oxygen atoms in total. The van der Waals surface area contributed by atoms with Gasteiger partial charge in [-0.25, -0.2) is 34.4 Å². The highest BCUT2D eigenvalue weighted by atomic mass is 79.9. The smallest absolute Gasteiger partial charge is 0.416 e. The number of halogens is 11. The fourth-order valence-corrected chi connectivity index (χ4v) is 12.8. The molecule has 0 saturated heterocycles. The first-order valence-corrected chi connectivity index (χ1v) is 34.1. The lowest BCUT2D eigenvalue weighted by Gasteiger charge is -2.15. The first kappa shape index (κ1) is 73.8. The molecule has 0 aliphatic rings. The van der Waals surface area contributed by atoms with Gasteiger partial charge in [0.15, 0.2) is 5.75 Å². The van der Waals surface area contributed by atoms with E-state index >= 15 is 0 Å². The summed E-state index contributed by atoms with van der Waals surface area (Å²) in [6.45, 7) is 1.71. The van der Waals surface area contributed by atoms with Crippen LogP contribution in [0.2, 0.25) is 15.1 Å². The lowest BCUT2D eigenvalue weighted by Crippen LogP contribution is -2.17. The summed E-state index contributed by atoms with van der Waals surface area (Å²) in [6.07, 6.45) is -4.62. The third-order valence-electron chi connectivity index (χ3n) is 10.5. The minimum atomic E-state index is -4.71. The molecule has 0 aliphatic heterocycles. The minimum absolute atomic E-state index is 0.0216. The molecule has 0 heterocycles. The maximum atomic E-state index is 13.4. The summed E-state index contributed by atoms with van der Waals surface area (Å²) >= 11 is 31.6. The van der Waals surface area contributed by atoms with E-state index in [2.05, 4.69) is 78.5 Å². The first-order valence-electron chi connectivity index (χ1n) is 24.1. The Morgan fingerprint density at radius 2 is 0.966 bits per heavy atom. The minimum Gasteiger partial charge on any atom is -0.487 e. The number of nitrogens with one attached hydrogen (secondary N) is 4.